The SMILES string of the molecule is COCCN(CCN)CC(=O)N(C)C. The molecule has 5 nitrogen and oxygen atoms in total. The standard InChI is InChI=1S/C9H21N3O2/c1-11(2)9(13)8-12(5-4-10)6-7-14-3/h4-8,10H2,1-3H3. The van der Waals surface area contributed by atoms with Gasteiger partial charge in [0.2, 0.25) is 5.91 Å². The molecule has 0 saturated carbocycles. The highest BCUT2D eigenvalue weighted by molar-refractivity contribution is 5.77. The van der Waals surface area contributed by atoms with Gasteiger partial charge in [0.05, 0.1) is 13.2 Å². The summed E-state index contributed by atoms with van der Waals surface area (Å²) in [5, 5.41) is 0. The Bertz CT molecular complexity index is 162. The second kappa shape index (κ2) is 7.73. The van der Waals surface area contributed by atoms with Gasteiger partial charge in [-0.05, 0) is 0 Å². The molecule has 0 aromatic heterocycles. The van der Waals surface area contributed by atoms with Crippen molar-refractivity contribution in [1.82, 2.24) is 9.80 Å². The molecule has 0 radical (unpaired) electrons. The molecule has 0 aliphatic rings. The molecule has 0 aromatic rings. The van der Waals surface area contributed by atoms with E-state index in [1.165, 1.54) is 0 Å². The molecule has 0 saturated heterocycles. The summed E-state index contributed by atoms with van der Waals surface area (Å²) < 4.78 is 4.95. The van der Waals surface area contributed by atoms with Gasteiger partial charge in [-0.25, -0.2) is 0 Å². The summed E-state index contributed by atoms with van der Waals surface area (Å²) in [4.78, 5) is 15.0. The zero-order valence-electron chi connectivity index (χ0n) is 9.32. The Hall–Kier alpha value is -0.650. The number of rotatable bonds is 7. The number of methoxy groups -OCH3 is 1. The van der Waals surface area contributed by atoms with E-state index in [0.717, 1.165) is 13.1 Å². The molecule has 1 amide bonds. The number of ether oxygens (including phenoxy) is 1. The molecule has 0 aromatic carbocycles. The van der Waals surface area contributed by atoms with Crippen molar-refractivity contribution in [3.63, 3.8) is 0 Å². The molecule has 0 aliphatic carbocycles. The van der Waals surface area contributed by atoms with Crippen molar-refractivity contribution >= 4 is 5.91 Å². The average molecular weight is 203 g/mol. The van der Waals surface area contributed by atoms with Crippen LogP contribution >= 0.6 is 0 Å². The second-order valence-electron chi connectivity index (χ2n) is 3.35. The molecular weight excluding hydrogens is 182 g/mol. The van der Waals surface area contributed by atoms with Gasteiger partial charge in [-0.3, -0.25) is 9.69 Å². The quantitative estimate of drug-likeness (QED) is 0.575. The smallest absolute Gasteiger partial charge is 0.236 e. The summed E-state index contributed by atoms with van der Waals surface area (Å²) in [7, 11) is 5.15. The van der Waals surface area contributed by atoms with Gasteiger partial charge in [-0.15, -0.1) is 0 Å². The lowest BCUT2D eigenvalue weighted by Crippen LogP contribution is -2.40. The fourth-order valence-corrected chi connectivity index (χ4v) is 1.01. The molecule has 0 unspecified atom stereocenters. The van der Waals surface area contributed by atoms with E-state index in [-0.39, 0.29) is 5.91 Å². The van der Waals surface area contributed by atoms with Crippen LogP contribution in [0.3, 0.4) is 0 Å². The summed E-state index contributed by atoms with van der Waals surface area (Å²) >= 11 is 0. The third-order valence-electron chi connectivity index (χ3n) is 1.91. The van der Waals surface area contributed by atoms with Crippen molar-refractivity contribution < 1.29 is 9.53 Å². The Kier molecular flexibility index (Phi) is 7.37. The minimum atomic E-state index is 0.0922. The number of hydrogen-bond acceptors (Lipinski definition) is 4. The highest BCUT2D eigenvalue weighted by Crippen LogP contribution is 1.90. The first kappa shape index (κ1) is 13.4. The predicted octanol–water partition coefficient (Wildman–Crippen LogP) is -1.02. The maximum Gasteiger partial charge on any atom is 0.236 e. The lowest BCUT2D eigenvalue weighted by Gasteiger charge is -2.22. The summed E-state index contributed by atoms with van der Waals surface area (Å²) in [5.41, 5.74) is 5.45. The van der Waals surface area contributed by atoms with Crippen molar-refractivity contribution in [2.24, 2.45) is 5.73 Å². The van der Waals surface area contributed by atoms with Gasteiger partial charge in [0.1, 0.15) is 0 Å². The largest absolute Gasteiger partial charge is 0.383 e. The van der Waals surface area contributed by atoms with Gasteiger partial charge in [-0.2, -0.15) is 0 Å². The third-order valence-corrected chi connectivity index (χ3v) is 1.91. The topological polar surface area (TPSA) is 58.8 Å². The van der Waals surface area contributed by atoms with E-state index < -0.39 is 0 Å². The maximum absolute atomic E-state index is 11.4. The Morgan fingerprint density at radius 1 is 1.36 bits per heavy atom. The van der Waals surface area contributed by atoms with E-state index in [0.29, 0.717) is 19.7 Å². The number of likely N-dealkylation sites (N-methyl/N-ethyl adjacent to an activating group) is 1. The molecular formula is C9H21N3O2. The van der Waals surface area contributed by atoms with Crippen molar-refractivity contribution in [1.29, 1.82) is 0 Å². The van der Waals surface area contributed by atoms with Gasteiger partial charge in [-0.1, -0.05) is 0 Å². The van der Waals surface area contributed by atoms with Crippen LogP contribution in [0.4, 0.5) is 0 Å². The van der Waals surface area contributed by atoms with E-state index >= 15 is 0 Å². The molecule has 0 heterocycles. The fraction of sp³-hybridized carbons (Fsp3) is 0.889. The summed E-state index contributed by atoms with van der Waals surface area (Å²) in [5.74, 6) is 0.0922. The van der Waals surface area contributed by atoms with Crippen LogP contribution in [0.1, 0.15) is 0 Å². The normalized spacial score (nSPS) is 10.6. The highest BCUT2D eigenvalue weighted by Gasteiger charge is 2.10. The number of carbonyl (C=O) groups excluding carboxylic acids is 1. The molecule has 84 valence electrons. The van der Waals surface area contributed by atoms with Crippen LogP contribution in [-0.4, -0.2) is 69.7 Å². The van der Waals surface area contributed by atoms with Crippen LogP contribution in [0, 0.1) is 0 Å². The minimum Gasteiger partial charge on any atom is -0.383 e. The van der Waals surface area contributed by atoms with E-state index in [1.807, 2.05) is 4.90 Å². The number of carbonyl (C=O) groups is 1. The first-order valence-corrected chi connectivity index (χ1v) is 4.73. The lowest BCUT2D eigenvalue weighted by atomic mass is 10.4. The molecule has 0 aliphatic heterocycles. The molecule has 0 bridgehead atoms. The van der Waals surface area contributed by atoms with Crippen molar-refractivity contribution in [3.05, 3.63) is 0 Å². The Labute approximate surface area is 85.8 Å². The van der Waals surface area contributed by atoms with Crippen molar-refractivity contribution in [2.75, 3.05) is 54.0 Å². The van der Waals surface area contributed by atoms with Crippen LogP contribution in [0.25, 0.3) is 0 Å². The van der Waals surface area contributed by atoms with E-state index in [1.54, 1.807) is 26.1 Å². The Morgan fingerprint density at radius 2 is 2.00 bits per heavy atom. The van der Waals surface area contributed by atoms with Gasteiger partial charge < -0.3 is 15.4 Å². The van der Waals surface area contributed by atoms with Gasteiger partial charge in [0.25, 0.3) is 0 Å². The molecule has 5 heteroatoms. The van der Waals surface area contributed by atoms with Crippen LogP contribution in [0.15, 0.2) is 0 Å². The van der Waals surface area contributed by atoms with Gasteiger partial charge in [0, 0.05) is 40.8 Å². The first-order valence-electron chi connectivity index (χ1n) is 4.73. The Morgan fingerprint density at radius 3 is 2.43 bits per heavy atom. The number of nitrogens with two attached hydrogens (primary N) is 1. The molecule has 2 N–H and O–H groups in total. The van der Waals surface area contributed by atoms with Crippen LogP contribution < -0.4 is 5.73 Å². The number of hydrogen-bond donors (Lipinski definition) is 1. The van der Waals surface area contributed by atoms with Crippen LogP contribution in [0.5, 0.6) is 0 Å². The highest BCUT2D eigenvalue weighted by atomic mass is 16.5. The zero-order chi connectivity index (χ0) is 11.0. The summed E-state index contributed by atoms with van der Waals surface area (Å²) in [6, 6.07) is 0. The van der Waals surface area contributed by atoms with E-state index in [9.17, 15) is 4.79 Å². The molecule has 0 spiro atoms. The second-order valence-corrected chi connectivity index (χ2v) is 3.35. The van der Waals surface area contributed by atoms with Gasteiger partial charge >= 0.3 is 0 Å². The molecule has 0 rings (SSSR count). The van der Waals surface area contributed by atoms with Crippen LogP contribution in [-0.2, 0) is 9.53 Å². The average Bonchev–Trinajstić information content (AvgIpc) is 2.14. The third kappa shape index (κ3) is 5.90. The van der Waals surface area contributed by atoms with E-state index in [2.05, 4.69) is 0 Å². The zero-order valence-corrected chi connectivity index (χ0v) is 9.32. The number of nitrogens with zero attached hydrogens (tertiary/aromatic N) is 2. The molecule has 0 atom stereocenters. The fourth-order valence-electron chi connectivity index (χ4n) is 1.01. The first-order chi connectivity index (χ1) is 6.61. The minimum absolute atomic E-state index is 0.0922. The number of amides is 1. The maximum atomic E-state index is 11.4. The van der Waals surface area contributed by atoms with Gasteiger partial charge in [0.15, 0.2) is 0 Å². The predicted molar refractivity (Wildman–Crippen MR) is 56.1 cm³/mol. The summed E-state index contributed by atoms with van der Waals surface area (Å²) in [6.45, 7) is 3.06. The van der Waals surface area contributed by atoms with E-state index in [4.69, 9.17) is 10.5 Å². The molecule has 14 heavy (non-hydrogen) atoms. The lowest BCUT2D eigenvalue weighted by molar-refractivity contribution is -0.130. The van der Waals surface area contributed by atoms with Crippen molar-refractivity contribution in [2.45, 2.75) is 0 Å². The molecule has 0 fully saturated rings. The van der Waals surface area contributed by atoms with Crippen LogP contribution in [0.2, 0.25) is 0 Å². The summed E-state index contributed by atoms with van der Waals surface area (Å²) in [6.07, 6.45) is 0. The monoisotopic (exact) mass is 203 g/mol. The Balaban J connectivity index is 3.88. The van der Waals surface area contributed by atoms with Crippen molar-refractivity contribution in [3.8, 4) is 0 Å².